The molecule has 0 saturated carbocycles. The predicted molar refractivity (Wildman–Crippen MR) is 73.1 cm³/mol. The molecule has 2 rings (SSSR count). The molecule has 0 fully saturated rings. The van der Waals surface area contributed by atoms with Crippen LogP contribution in [-0.4, -0.2) is 29.6 Å². The largest absolute Gasteiger partial charge is 0.490 e. The molecule has 9 heteroatoms. The Kier molecular flexibility index (Phi) is 4.12. The summed E-state index contributed by atoms with van der Waals surface area (Å²) in [7, 11) is 1.32. The van der Waals surface area contributed by atoms with Crippen LogP contribution >= 0.6 is 0 Å². The molecule has 1 aromatic rings. The molecule has 2 N–H and O–H groups in total. The second kappa shape index (κ2) is 5.99. The molecule has 0 aromatic heterocycles. The predicted octanol–water partition coefficient (Wildman–Crippen LogP) is 0.808. The zero-order valence-electron chi connectivity index (χ0n) is 11.1. The number of ether oxygens (including phenoxy) is 1. The number of nitro groups is 1. The summed E-state index contributed by atoms with van der Waals surface area (Å²) in [6.45, 7) is 0. The van der Waals surface area contributed by atoms with Gasteiger partial charge in [0, 0.05) is 24.6 Å². The first kappa shape index (κ1) is 14.4. The lowest BCUT2D eigenvalue weighted by molar-refractivity contribution is -0.385. The highest BCUT2D eigenvalue weighted by Crippen LogP contribution is 2.29. The number of nitrogens with zero attached hydrogens (tertiary/aromatic N) is 2. The van der Waals surface area contributed by atoms with E-state index in [4.69, 9.17) is 4.74 Å². The van der Waals surface area contributed by atoms with E-state index in [0.717, 1.165) is 0 Å². The summed E-state index contributed by atoms with van der Waals surface area (Å²) in [5.74, 6) is -0.679. The zero-order valence-corrected chi connectivity index (χ0v) is 11.1. The standard InChI is InChI=1S/C12H12N4O5/c1-21-10-4-2-7(6-9(10)16(19)20)13-12(18)8-3-5-11(17)15-14-8/h2,4,6H,3,5H2,1H3,(H,13,18)(H,15,17). The van der Waals surface area contributed by atoms with Crippen LogP contribution in [0, 0.1) is 10.1 Å². The number of carbonyl (C=O) groups is 2. The molecule has 0 bridgehead atoms. The van der Waals surface area contributed by atoms with Gasteiger partial charge >= 0.3 is 5.69 Å². The fourth-order valence-corrected chi connectivity index (χ4v) is 1.75. The number of hydrazone groups is 1. The summed E-state index contributed by atoms with van der Waals surface area (Å²) in [5.41, 5.74) is 2.35. The molecule has 9 nitrogen and oxygen atoms in total. The molecule has 0 spiro atoms. The number of nitrogens with one attached hydrogen (secondary N) is 2. The molecular formula is C12H12N4O5. The van der Waals surface area contributed by atoms with Crippen LogP contribution in [0.1, 0.15) is 12.8 Å². The molecule has 1 heterocycles. The van der Waals surface area contributed by atoms with Crippen molar-refractivity contribution in [1.29, 1.82) is 0 Å². The van der Waals surface area contributed by atoms with Crippen LogP contribution in [0.4, 0.5) is 11.4 Å². The quantitative estimate of drug-likeness (QED) is 0.627. The van der Waals surface area contributed by atoms with Crippen molar-refractivity contribution in [2.45, 2.75) is 12.8 Å². The van der Waals surface area contributed by atoms with Gasteiger partial charge in [0.2, 0.25) is 5.91 Å². The molecule has 1 aromatic carbocycles. The van der Waals surface area contributed by atoms with E-state index in [9.17, 15) is 19.7 Å². The second-order valence-corrected chi connectivity index (χ2v) is 4.19. The van der Waals surface area contributed by atoms with Gasteiger partial charge in [0.25, 0.3) is 5.91 Å². The molecule has 1 aliphatic rings. The molecular weight excluding hydrogens is 280 g/mol. The van der Waals surface area contributed by atoms with E-state index in [1.165, 1.54) is 25.3 Å². The topological polar surface area (TPSA) is 123 Å². The van der Waals surface area contributed by atoms with Gasteiger partial charge in [-0.05, 0) is 12.1 Å². The Morgan fingerprint density at radius 2 is 2.24 bits per heavy atom. The van der Waals surface area contributed by atoms with Gasteiger partial charge in [0.05, 0.1) is 12.0 Å². The van der Waals surface area contributed by atoms with Crippen molar-refractivity contribution in [1.82, 2.24) is 5.43 Å². The highest BCUT2D eigenvalue weighted by atomic mass is 16.6. The van der Waals surface area contributed by atoms with Crippen molar-refractivity contribution < 1.29 is 19.2 Å². The molecule has 0 atom stereocenters. The third-order valence-corrected chi connectivity index (χ3v) is 2.80. The van der Waals surface area contributed by atoms with Crippen molar-refractivity contribution in [3.05, 3.63) is 28.3 Å². The van der Waals surface area contributed by atoms with E-state index in [-0.39, 0.29) is 41.6 Å². The van der Waals surface area contributed by atoms with E-state index in [1.54, 1.807) is 0 Å². The van der Waals surface area contributed by atoms with Crippen LogP contribution in [0.2, 0.25) is 0 Å². The number of hydrogen-bond acceptors (Lipinski definition) is 6. The van der Waals surface area contributed by atoms with Crippen LogP contribution in [-0.2, 0) is 9.59 Å². The minimum Gasteiger partial charge on any atom is -0.490 e. The summed E-state index contributed by atoms with van der Waals surface area (Å²) in [5, 5.41) is 17.0. The molecule has 0 radical (unpaired) electrons. The number of rotatable bonds is 4. The average Bonchev–Trinajstić information content (AvgIpc) is 2.47. The van der Waals surface area contributed by atoms with Crippen molar-refractivity contribution in [3.63, 3.8) is 0 Å². The Morgan fingerprint density at radius 1 is 1.48 bits per heavy atom. The van der Waals surface area contributed by atoms with E-state index in [2.05, 4.69) is 15.8 Å². The number of methoxy groups -OCH3 is 1. The van der Waals surface area contributed by atoms with Gasteiger partial charge in [-0.2, -0.15) is 5.10 Å². The number of benzene rings is 1. The minimum atomic E-state index is -0.604. The molecule has 0 aliphatic carbocycles. The normalized spacial score (nSPS) is 14.0. The van der Waals surface area contributed by atoms with Gasteiger partial charge in [-0.3, -0.25) is 19.7 Å². The van der Waals surface area contributed by atoms with Crippen LogP contribution in [0.5, 0.6) is 5.75 Å². The summed E-state index contributed by atoms with van der Waals surface area (Å²) in [6.07, 6.45) is 0.394. The maximum Gasteiger partial charge on any atom is 0.312 e. The van der Waals surface area contributed by atoms with Gasteiger partial charge in [-0.15, -0.1) is 0 Å². The van der Waals surface area contributed by atoms with E-state index < -0.39 is 10.8 Å². The fourth-order valence-electron chi connectivity index (χ4n) is 1.75. The first-order chi connectivity index (χ1) is 10.0. The van der Waals surface area contributed by atoms with Crippen molar-refractivity contribution in [3.8, 4) is 5.75 Å². The third-order valence-electron chi connectivity index (χ3n) is 2.80. The zero-order chi connectivity index (χ0) is 15.4. The summed E-state index contributed by atoms with van der Waals surface area (Å²) in [4.78, 5) is 33.2. The Morgan fingerprint density at radius 3 is 2.81 bits per heavy atom. The van der Waals surface area contributed by atoms with Crippen molar-refractivity contribution in [2.24, 2.45) is 5.10 Å². The third kappa shape index (κ3) is 3.32. The van der Waals surface area contributed by atoms with E-state index in [0.29, 0.717) is 0 Å². The Balaban J connectivity index is 2.16. The van der Waals surface area contributed by atoms with Gasteiger partial charge in [-0.1, -0.05) is 0 Å². The Hall–Kier alpha value is -2.97. The van der Waals surface area contributed by atoms with E-state index >= 15 is 0 Å². The lowest BCUT2D eigenvalue weighted by Gasteiger charge is -2.12. The average molecular weight is 292 g/mol. The number of hydrogen-bond donors (Lipinski definition) is 2. The van der Waals surface area contributed by atoms with Gasteiger partial charge in [-0.25, -0.2) is 5.43 Å². The molecule has 1 aliphatic heterocycles. The van der Waals surface area contributed by atoms with Crippen LogP contribution in [0.15, 0.2) is 23.3 Å². The highest BCUT2D eigenvalue weighted by molar-refractivity contribution is 6.43. The SMILES string of the molecule is COc1ccc(NC(=O)C2=NNC(=O)CC2)cc1[N+](=O)[O-]. The smallest absolute Gasteiger partial charge is 0.312 e. The van der Waals surface area contributed by atoms with Crippen molar-refractivity contribution in [2.75, 3.05) is 12.4 Å². The fraction of sp³-hybridized carbons (Fsp3) is 0.250. The molecule has 2 amide bonds. The van der Waals surface area contributed by atoms with E-state index in [1.807, 2.05) is 0 Å². The van der Waals surface area contributed by atoms with Crippen molar-refractivity contribution >= 4 is 28.9 Å². The maximum absolute atomic E-state index is 11.9. The summed E-state index contributed by atoms with van der Waals surface area (Å²) < 4.78 is 4.87. The van der Waals surface area contributed by atoms with Crippen LogP contribution < -0.4 is 15.5 Å². The Bertz CT molecular complexity index is 641. The summed E-state index contributed by atoms with van der Waals surface area (Å²) in [6, 6.07) is 4.06. The number of nitro benzene ring substituents is 1. The monoisotopic (exact) mass is 292 g/mol. The van der Waals surface area contributed by atoms with Gasteiger partial charge in [0.1, 0.15) is 5.71 Å². The number of carbonyl (C=O) groups excluding carboxylic acids is 2. The van der Waals surface area contributed by atoms with Gasteiger partial charge in [0.15, 0.2) is 5.75 Å². The lowest BCUT2D eigenvalue weighted by Crippen LogP contribution is -2.32. The molecule has 110 valence electrons. The summed E-state index contributed by atoms with van der Waals surface area (Å²) >= 11 is 0. The minimum absolute atomic E-state index is 0.0975. The lowest BCUT2D eigenvalue weighted by atomic mass is 10.1. The number of amides is 2. The molecule has 0 unspecified atom stereocenters. The maximum atomic E-state index is 11.9. The first-order valence-corrected chi connectivity index (χ1v) is 6.00. The highest BCUT2D eigenvalue weighted by Gasteiger charge is 2.20. The molecule has 0 saturated heterocycles. The second-order valence-electron chi connectivity index (χ2n) is 4.19. The van der Waals surface area contributed by atoms with Crippen LogP contribution in [0.25, 0.3) is 0 Å². The van der Waals surface area contributed by atoms with Crippen LogP contribution in [0.3, 0.4) is 0 Å². The Labute approximate surface area is 119 Å². The number of anilines is 1. The molecule has 21 heavy (non-hydrogen) atoms. The first-order valence-electron chi connectivity index (χ1n) is 6.00. The van der Waals surface area contributed by atoms with Gasteiger partial charge < -0.3 is 10.1 Å².